The average molecular weight is 313 g/mol. The number of fused-ring (bicyclic) bond motifs is 1. The summed E-state index contributed by atoms with van der Waals surface area (Å²) >= 11 is 0. The van der Waals surface area contributed by atoms with Gasteiger partial charge in [-0.25, -0.2) is 14.3 Å². The van der Waals surface area contributed by atoms with E-state index in [0.717, 1.165) is 33.6 Å². The van der Waals surface area contributed by atoms with Crippen LogP contribution < -0.4 is 0 Å². The molecule has 23 heavy (non-hydrogen) atoms. The third-order valence-corrected chi connectivity index (χ3v) is 4.16. The average Bonchev–Trinajstić information content (AvgIpc) is 3.16. The third kappa shape index (κ3) is 2.28. The summed E-state index contributed by atoms with van der Waals surface area (Å²) in [7, 11) is 1.36. The summed E-state index contributed by atoms with van der Waals surface area (Å²) in [5.74, 6) is -0.323. The topological polar surface area (TPSA) is 85.2 Å². The monoisotopic (exact) mass is 313 g/mol. The normalized spacial score (nSPS) is 11.4. The van der Waals surface area contributed by atoms with Crippen LogP contribution in [0, 0.1) is 13.8 Å². The van der Waals surface area contributed by atoms with Gasteiger partial charge in [-0.15, -0.1) is 0 Å². The number of ether oxygens (including phenoxy) is 1. The van der Waals surface area contributed by atoms with Crippen molar-refractivity contribution in [3.63, 3.8) is 0 Å². The van der Waals surface area contributed by atoms with Crippen LogP contribution in [0.3, 0.4) is 0 Å². The van der Waals surface area contributed by atoms with Crippen molar-refractivity contribution < 1.29 is 9.53 Å². The molecule has 7 heteroatoms. The Balaban J connectivity index is 2.29. The molecular formula is C16H19N5O2. The third-order valence-electron chi connectivity index (χ3n) is 4.16. The number of pyridine rings is 1. The molecule has 0 aliphatic heterocycles. The SMILES string of the molecule is COC(=O)c1n[nH]c(-c2cn3ncnc3c(C)c2C)c1C(C)C. The first-order chi connectivity index (χ1) is 11.0. The smallest absolute Gasteiger partial charge is 0.358 e. The zero-order chi connectivity index (χ0) is 16.7. The fourth-order valence-corrected chi connectivity index (χ4v) is 2.82. The van der Waals surface area contributed by atoms with Crippen molar-refractivity contribution in [1.82, 2.24) is 24.8 Å². The first kappa shape index (κ1) is 15.2. The van der Waals surface area contributed by atoms with Crippen LogP contribution in [0.5, 0.6) is 0 Å². The Labute approximate surface area is 133 Å². The highest BCUT2D eigenvalue weighted by Crippen LogP contribution is 2.33. The van der Waals surface area contributed by atoms with Crippen molar-refractivity contribution in [2.45, 2.75) is 33.6 Å². The van der Waals surface area contributed by atoms with Crippen LogP contribution in [0.25, 0.3) is 16.9 Å². The van der Waals surface area contributed by atoms with Crippen molar-refractivity contribution in [2.24, 2.45) is 0 Å². The zero-order valence-electron chi connectivity index (χ0n) is 13.8. The number of H-pyrrole nitrogens is 1. The lowest BCUT2D eigenvalue weighted by molar-refractivity contribution is 0.0592. The van der Waals surface area contributed by atoms with Gasteiger partial charge < -0.3 is 4.74 Å². The summed E-state index contributed by atoms with van der Waals surface area (Å²) in [6.45, 7) is 8.09. The van der Waals surface area contributed by atoms with Crippen molar-refractivity contribution >= 4 is 11.6 Å². The second-order valence-corrected chi connectivity index (χ2v) is 5.83. The molecule has 0 amide bonds. The predicted molar refractivity (Wildman–Crippen MR) is 85.5 cm³/mol. The molecule has 1 N–H and O–H groups in total. The molecule has 3 rings (SSSR count). The number of aryl methyl sites for hydroxylation is 1. The maximum absolute atomic E-state index is 12.0. The summed E-state index contributed by atoms with van der Waals surface area (Å²) in [6, 6.07) is 0. The number of esters is 1. The van der Waals surface area contributed by atoms with Crippen LogP contribution in [-0.2, 0) is 4.74 Å². The van der Waals surface area contributed by atoms with Gasteiger partial charge in [-0.1, -0.05) is 13.8 Å². The number of carbonyl (C=O) groups is 1. The van der Waals surface area contributed by atoms with Gasteiger partial charge in [0.15, 0.2) is 11.3 Å². The molecule has 0 bridgehead atoms. The minimum Gasteiger partial charge on any atom is -0.464 e. The highest BCUT2D eigenvalue weighted by atomic mass is 16.5. The number of aromatic nitrogens is 5. The van der Waals surface area contributed by atoms with E-state index in [1.165, 1.54) is 13.4 Å². The Morgan fingerprint density at radius 1 is 1.30 bits per heavy atom. The van der Waals surface area contributed by atoms with Crippen molar-refractivity contribution in [3.8, 4) is 11.3 Å². The van der Waals surface area contributed by atoms with Gasteiger partial charge in [0.25, 0.3) is 0 Å². The van der Waals surface area contributed by atoms with E-state index in [4.69, 9.17) is 4.74 Å². The van der Waals surface area contributed by atoms with Crippen LogP contribution in [0.15, 0.2) is 12.5 Å². The minimum absolute atomic E-state index is 0.115. The van der Waals surface area contributed by atoms with Gasteiger partial charge in [0.05, 0.1) is 12.8 Å². The molecule has 3 aromatic rings. The van der Waals surface area contributed by atoms with Crippen LogP contribution in [-0.4, -0.2) is 37.9 Å². The van der Waals surface area contributed by atoms with Gasteiger partial charge in [0.1, 0.15) is 6.33 Å². The number of methoxy groups -OCH3 is 1. The Morgan fingerprint density at radius 3 is 2.70 bits per heavy atom. The van der Waals surface area contributed by atoms with Crippen LogP contribution in [0.4, 0.5) is 0 Å². The van der Waals surface area contributed by atoms with E-state index in [1.807, 2.05) is 33.9 Å². The van der Waals surface area contributed by atoms with E-state index in [9.17, 15) is 4.79 Å². The first-order valence-corrected chi connectivity index (χ1v) is 7.42. The lowest BCUT2D eigenvalue weighted by Gasteiger charge is -2.13. The summed E-state index contributed by atoms with van der Waals surface area (Å²) < 4.78 is 6.58. The second-order valence-electron chi connectivity index (χ2n) is 5.83. The molecular weight excluding hydrogens is 294 g/mol. The predicted octanol–water partition coefficient (Wildman–Crippen LogP) is 2.65. The lowest BCUT2D eigenvalue weighted by Crippen LogP contribution is -2.07. The fraction of sp³-hybridized carbons (Fsp3) is 0.375. The Kier molecular flexibility index (Phi) is 3.63. The van der Waals surface area contributed by atoms with Gasteiger partial charge in [0.2, 0.25) is 0 Å². The van der Waals surface area contributed by atoms with E-state index in [-0.39, 0.29) is 5.92 Å². The van der Waals surface area contributed by atoms with Crippen molar-refractivity contribution in [1.29, 1.82) is 0 Å². The molecule has 0 saturated heterocycles. The summed E-state index contributed by atoms with van der Waals surface area (Å²) in [5, 5.41) is 11.4. The summed E-state index contributed by atoms with van der Waals surface area (Å²) in [4.78, 5) is 16.2. The molecule has 0 aromatic carbocycles. The highest BCUT2D eigenvalue weighted by Gasteiger charge is 2.25. The maximum Gasteiger partial charge on any atom is 0.358 e. The largest absolute Gasteiger partial charge is 0.464 e. The minimum atomic E-state index is -0.438. The van der Waals surface area contributed by atoms with E-state index in [1.54, 1.807) is 4.52 Å². The zero-order valence-corrected chi connectivity index (χ0v) is 13.8. The molecule has 0 saturated carbocycles. The number of nitrogens with zero attached hydrogens (tertiary/aromatic N) is 4. The van der Waals surface area contributed by atoms with Crippen molar-refractivity contribution in [3.05, 3.63) is 34.9 Å². The van der Waals surface area contributed by atoms with Gasteiger partial charge >= 0.3 is 5.97 Å². The summed E-state index contributed by atoms with van der Waals surface area (Å²) in [6.07, 6.45) is 3.44. The van der Waals surface area contributed by atoms with E-state index in [0.29, 0.717) is 5.69 Å². The van der Waals surface area contributed by atoms with Gasteiger partial charge in [0, 0.05) is 17.3 Å². The molecule has 0 spiro atoms. The lowest BCUT2D eigenvalue weighted by atomic mass is 9.94. The number of aromatic amines is 1. The maximum atomic E-state index is 12.0. The van der Waals surface area contributed by atoms with Crippen LogP contribution in [0.2, 0.25) is 0 Å². The first-order valence-electron chi connectivity index (χ1n) is 7.42. The molecule has 3 aromatic heterocycles. The molecule has 7 nitrogen and oxygen atoms in total. The molecule has 0 atom stereocenters. The molecule has 0 unspecified atom stereocenters. The Morgan fingerprint density at radius 2 is 2.04 bits per heavy atom. The molecule has 0 fully saturated rings. The standard InChI is InChI=1S/C16H19N5O2/c1-8(2)12-13(19-20-14(12)16(22)23-5)11-6-21-15(17-7-18-21)10(4)9(11)3/h6-8H,1-5H3,(H,19,20). The Hall–Kier alpha value is -2.70. The molecule has 0 aliphatic carbocycles. The number of rotatable bonds is 3. The Bertz CT molecular complexity index is 891. The van der Waals surface area contributed by atoms with E-state index < -0.39 is 5.97 Å². The molecule has 0 radical (unpaired) electrons. The number of carbonyl (C=O) groups excluding carboxylic acids is 1. The van der Waals surface area contributed by atoms with Crippen molar-refractivity contribution in [2.75, 3.05) is 7.11 Å². The number of hydrogen-bond donors (Lipinski definition) is 1. The molecule has 3 heterocycles. The van der Waals surface area contributed by atoms with Crippen LogP contribution >= 0.6 is 0 Å². The highest BCUT2D eigenvalue weighted by molar-refractivity contribution is 5.91. The van der Waals surface area contributed by atoms with E-state index in [2.05, 4.69) is 20.3 Å². The second kappa shape index (κ2) is 5.49. The van der Waals surface area contributed by atoms with Gasteiger partial charge in [-0.2, -0.15) is 10.2 Å². The summed E-state index contributed by atoms with van der Waals surface area (Å²) in [5.41, 5.74) is 5.89. The van der Waals surface area contributed by atoms with Gasteiger partial charge in [-0.3, -0.25) is 5.10 Å². The molecule has 0 aliphatic rings. The quantitative estimate of drug-likeness (QED) is 0.751. The molecule has 120 valence electrons. The fourth-order valence-electron chi connectivity index (χ4n) is 2.82. The number of hydrogen-bond acceptors (Lipinski definition) is 5. The van der Waals surface area contributed by atoms with Gasteiger partial charge in [-0.05, 0) is 30.9 Å². The van der Waals surface area contributed by atoms with E-state index >= 15 is 0 Å². The number of nitrogens with one attached hydrogen (secondary N) is 1. The van der Waals surface area contributed by atoms with Crippen LogP contribution in [0.1, 0.15) is 46.9 Å².